The van der Waals surface area contributed by atoms with Gasteiger partial charge in [0, 0.05) is 0 Å². The first-order valence-corrected chi connectivity index (χ1v) is 5.94. The summed E-state index contributed by atoms with van der Waals surface area (Å²) in [6.07, 6.45) is 3.66. The molecule has 12 heavy (non-hydrogen) atoms. The van der Waals surface area contributed by atoms with E-state index in [1.165, 1.54) is 15.7 Å². The molecule has 0 amide bonds. The van der Waals surface area contributed by atoms with Crippen LogP contribution in [0.4, 0.5) is 0 Å². The van der Waals surface area contributed by atoms with Gasteiger partial charge in [-0.15, -0.1) is 11.7 Å². The number of rotatable bonds is 1. The van der Waals surface area contributed by atoms with Gasteiger partial charge in [-0.1, -0.05) is 17.7 Å². The predicted molar refractivity (Wildman–Crippen MR) is 53.1 cm³/mol. The number of hydrogen-bond acceptors (Lipinski definition) is 4. The average Bonchev–Trinajstić information content (AvgIpc) is 2.49. The minimum Gasteiger partial charge on any atom is -0.349 e. The third kappa shape index (κ3) is 1.53. The molecule has 1 aliphatic heterocycles. The lowest BCUT2D eigenvalue weighted by atomic mass is 9.93. The highest BCUT2D eigenvalue weighted by molar-refractivity contribution is 8.70. The van der Waals surface area contributed by atoms with Gasteiger partial charge in [0.2, 0.25) is 0 Å². The van der Waals surface area contributed by atoms with Gasteiger partial charge in [-0.05, 0) is 23.3 Å². The highest BCUT2D eigenvalue weighted by Crippen LogP contribution is 2.38. The van der Waals surface area contributed by atoms with E-state index >= 15 is 0 Å². The molecule has 0 N–H and O–H groups in total. The van der Waals surface area contributed by atoms with Crippen molar-refractivity contribution in [3.8, 4) is 0 Å². The van der Waals surface area contributed by atoms with Gasteiger partial charge in [0.05, 0.1) is 6.10 Å². The normalized spacial score (nSPS) is 40.8. The van der Waals surface area contributed by atoms with Gasteiger partial charge >= 0.3 is 0 Å². The van der Waals surface area contributed by atoms with Crippen LogP contribution in [-0.4, -0.2) is 19.0 Å². The van der Waals surface area contributed by atoms with E-state index in [2.05, 4.69) is 24.7 Å². The first kappa shape index (κ1) is 8.94. The van der Waals surface area contributed by atoms with Crippen molar-refractivity contribution in [1.82, 2.24) is 0 Å². The van der Waals surface area contributed by atoms with Crippen LogP contribution in [-0.2, 0) is 9.47 Å². The highest BCUT2D eigenvalue weighted by atomic mass is 33.1. The second-order valence-corrected chi connectivity index (χ2v) is 4.45. The van der Waals surface area contributed by atoms with E-state index in [9.17, 15) is 0 Å². The minimum atomic E-state index is 0.177. The monoisotopic (exact) mass is 204 g/mol. The predicted octanol–water partition coefficient (Wildman–Crippen LogP) is 2.23. The highest BCUT2D eigenvalue weighted by Gasteiger charge is 2.34. The maximum atomic E-state index is 5.42. The summed E-state index contributed by atoms with van der Waals surface area (Å²) in [5, 5.41) is 0. The summed E-state index contributed by atoms with van der Waals surface area (Å²) in [6, 6.07) is 0. The lowest BCUT2D eigenvalue weighted by molar-refractivity contribution is 0.0406. The fourth-order valence-electron chi connectivity index (χ4n) is 1.68. The Bertz CT molecular complexity index is 205. The lowest BCUT2D eigenvalue weighted by Gasteiger charge is -2.25. The quantitative estimate of drug-likeness (QED) is 0.522. The second kappa shape index (κ2) is 3.62. The maximum absolute atomic E-state index is 5.42. The van der Waals surface area contributed by atoms with Crippen LogP contribution in [0.2, 0.25) is 0 Å². The SMILES string of the molecule is CC1CC2OCOC2C=C1SS. The zero-order valence-electron chi connectivity index (χ0n) is 6.90. The number of fused-ring (bicyclic) bond motifs is 1. The Morgan fingerprint density at radius 2 is 2.42 bits per heavy atom. The second-order valence-electron chi connectivity index (χ2n) is 3.25. The molecule has 3 unspecified atom stereocenters. The molecule has 2 nitrogen and oxygen atoms in total. The Hall–Kier alpha value is 0.360. The number of ether oxygens (including phenoxy) is 2. The van der Waals surface area contributed by atoms with E-state index in [1.54, 1.807) is 0 Å². The summed E-state index contributed by atoms with van der Waals surface area (Å²) in [5.74, 6) is 0.565. The molecule has 1 aliphatic carbocycles. The van der Waals surface area contributed by atoms with Crippen LogP contribution >= 0.6 is 22.5 Å². The Morgan fingerprint density at radius 1 is 1.58 bits per heavy atom. The van der Waals surface area contributed by atoms with Crippen molar-refractivity contribution in [2.45, 2.75) is 25.6 Å². The smallest absolute Gasteiger partial charge is 0.148 e. The lowest BCUT2D eigenvalue weighted by Crippen LogP contribution is -2.27. The van der Waals surface area contributed by atoms with Crippen LogP contribution in [0.25, 0.3) is 0 Å². The molecule has 1 saturated heterocycles. The van der Waals surface area contributed by atoms with Crippen LogP contribution in [0.15, 0.2) is 11.0 Å². The van der Waals surface area contributed by atoms with E-state index in [4.69, 9.17) is 9.47 Å². The molecule has 2 aliphatic rings. The van der Waals surface area contributed by atoms with Crippen LogP contribution in [0.1, 0.15) is 13.3 Å². The molecule has 0 saturated carbocycles. The molecule has 2 rings (SSSR count). The van der Waals surface area contributed by atoms with E-state index in [-0.39, 0.29) is 12.2 Å². The van der Waals surface area contributed by atoms with Crippen molar-refractivity contribution in [2.75, 3.05) is 6.79 Å². The summed E-state index contributed by atoms with van der Waals surface area (Å²) in [7, 11) is 1.52. The van der Waals surface area contributed by atoms with Crippen LogP contribution in [0, 0.1) is 5.92 Å². The summed E-state index contributed by atoms with van der Waals surface area (Å²) in [4.78, 5) is 1.31. The van der Waals surface area contributed by atoms with Crippen molar-refractivity contribution >= 4 is 22.5 Å². The molecule has 1 fully saturated rings. The molecule has 4 heteroatoms. The van der Waals surface area contributed by atoms with Gasteiger partial charge in [0.25, 0.3) is 0 Å². The van der Waals surface area contributed by atoms with Gasteiger partial charge in [-0.25, -0.2) is 0 Å². The summed E-state index contributed by atoms with van der Waals surface area (Å²) < 4.78 is 10.8. The van der Waals surface area contributed by atoms with E-state index in [0.29, 0.717) is 12.7 Å². The summed E-state index contributed by atoms with van der Waals surface area (Å²) in [6.45, 7) is 2.65. The zero-order chi connectivity index (χ0) is 8.55. The van der Waals surface area contributed by atoms with Gasteiger partial charge in [0.1, 0.15) is 12.9 Å². The summed E-state index contributed by atoms with van der Waals surface area (Å²) in [5.41, 5.74) is 0. The van der Waals surface area contributed by atoms with Crippen molar-refractivity contribution in [3.63, 3.8) is 0 Å². The van der Waals surface area contributed by atoms with Crippen molar-refractivity contribution < 1.29 is 9.47 Å². The van der Waals surface area contributed by atoms with Gasteiger partial charge in [-0.3, -0.25) is 0 Å². The van der Waals surface area contributed by atoms with Crippen molar-refractivity contribution in [1.29, 1.82) is 0 Å². The molecule has 0 spiro atoms. The molecule has 0 aromatic rings. The van der Waals surface area contributed by atoms with Crippen molar-refractivity contribution in [3.05, 3.63) is 11.0 Å². The number of allylic oxidation sites excluding steroid dienone is 1. The zero-order valence-corrected chi connectivity index (χ0v) is 8.61. The molecular formula is C8H12O2S2. The molecule has 0 bridgehead atoms. The number of thiol groups is 1. The topological polar surface area (TPSA) is 18.5 Å². The standard InChI is InChI=1S/C8H12O2S2/c1-5-2-6-7(10-4-9-6)3-8(5)12-11/h3,5-7,11H,2,4H2,1H3. The minimum absolute atomic E-state index is 0.177. The van der Waals surface area contributed by atoms with E-state index < -0.39 is 0 Å². The fourth-order valence-corrected chi connectivity index (χ4v) is 2.87. The molecule has 0 radical (unpaired) electrons. The van der Waals surface area contributed by atoms with Crippen LogP contribution in [0.3, 0.4) is 0 Å². The maximum Gasteiger partial charge on any atom is 0.148 e. The van der Waals surface area contributed by atoms with E-state index in [0.717, 1.165) is 6.42 Å². The molecule has 68 valence electrons. The third-order valence-corrected chi connectivity index (χ3v) is 3.80. The van der Waals surface area contributed by atoms with Gasteiger partial charge in [0.15, 0.2) is 0 Å². The first-order chi connectivity index (χ1) is 5.81. The molecule has 0 aromatic heterocycles. The Labute approximate surface area is 81.5 Å². The fraction of sp³-hybridized carbons (Fsp3) is 0.750. The van der Waals surface area contributed by atoms with E-state index in [1.807, 2.05) is 0 Å². The van der Waals surface area contributed by atoms with Crippen LogP contribution in [0.5, 0.6) is 0 Å². The van der Waals surface area contributed by atoms with Gasteiger partial charge in [-0.2, -0.15) is 0 Å². The summed E-state index contributed by atoms with van der Waals surface area (Å²) >= 11 is 4.20. The molecular weight excluding hydrogens is 192 g/mol. The van der Waals surface area contributed by atoms with Crippen molar-refractivity contribution in [2.24, 2.45) is 5.92 Å². The molecule has 3 atom stereocenters. The molecule has 1 heterocycles. The van der Waals surface area contributed by atoms with Gasteiger partial charge < -0.3 is 9.47 Å². The van der Waals surface area contributed by atoms with Crippen LogP contribution < -0.4 is 0 Å². The average molecular weight is 204 g/mol. The largest absolute Gasteiger partial charge is 0.349 e. The number of hydrogen-bond donors (Lipinski definition) is 1. The first-order valence-electron chi connectivity index (χ1n) is 4.07. The Balaban J connectivity index is 2.14. The Morgan fingerprint density at radius 3 is 3.17 bits per heavy atom. The Kier molecular flexibility index (Phi) is 2.69. The third-order valence-electron chi connectivity index (χ3n) is 2.41. The molecule has 0 aromatic carbocycles.